The van der Waals surface area contributed by atoms with E-state index in [-0.39, 0.29) is 5.78 Å². The van der Waals surface area contributed by atoms with Gasteiger partial charge >= 0.3 is 0 Å². The number of hydrogen-bond acceptors (Lipinski definition) is 2. The number of furan rings is 1. The maximum atomic E-state index is 11.7. The standard InChI is InChI=1S/C20H24O2/c1-5-6-7-8-18(17-11-9-14(2)10-12-17)20-13-19(15(3)21)16(4)22-20/h8-13H,5-7H2,1-4H3/b18-8-. The van der Waals surface area contributed by atoms with Crippen LogP contribution in [0.25, 0.3) is 5.57 Å². The first-order valence-corrected chi connectivity index (χ1v) is 7.92. The van der Waals surface area contributed by atoms with Crippen LogP contribution in [0.3, 0.4) is 0 Å². The lowest BCUT2D eigenvalue weighted by Gasteiger charge is -2.06. The second-order valence-corrected chi connectivity index (χ2v) is 5.76. The van der Waals surface area contributed by atoms with Gasteiger partial charge in [0.05, 0.1) is 5.56 Å². The smallest absolute Gasteiger partial charge is 0.163 e. The lowest BCUT2D eigenvalue weighted by Crippen LogP contribution is -1.90. The van der Waals surface area contributed by atoms with E-state index in [9.17, 15) is 4.79 Å². The zero-order valence-electron chi connectivity index (χ0n) is 13.9. The zero-order valence-corrected chi connectivity index (χ0v) is 13.9. The van der Waals surface area contributed by atoms with Gasteiger partial charge < -0.3 is 4.42 Å². The molecule has 22 heavy (non-hydrogen) atoms. The van der Waals surface area contributed by atoms with Gasteiger partial charge in [-0.1, -0.05) is 55.7 Å². The number of unbranched alkanes of at least 4 members (excludes halogenated alkanes) is 2. The van der Waals surface area contributed by atoms with Gasteiger partial charge in [-0.3, -0.25) is 4.79 Å². The Balaban J connectivity index is 2.44. The molecular weight excluding hydrogens is 272 g/mol. The molecule has 0 saturated carbocycles. The summed E-state index contributed by atoms with van der Waals surface area (Å²) in [5.74, 6) is 1.52. The Morgan fingerprint density at radius 2 is 1.86 bits per heavy atom. The Bertz CT molecular complexity index is 672. The Morgan fingerprint density at radius 1 is 1.18 bits per heavy atom. The summed E-state index contributed by atoms with van der Waals surface area (Å²) >= 11 is 0. The SMILES string of the molecule is CCCC/C=C(/c1ccc(C)cc1)c1cc(C(C)=O)c(C)o1. The minimum atomic E-state index is 0.0457. The summed E-state index contributed by atoms with van der Waals surface area (Å²) in [7, 11) is 0. The van der Waals surface area contributed by atoms with Gasteiger partial charge in [0.15, 0.2) is 5.78 Å². The zero-order chi connectivity index (χ0) is 16.1. The number of carbonyl (C=O) groups is 1. The highest BCUT2D eigenvalue weighted by molar-refractivity contribution is 5.96. The lowest BCUT2D eigenvalue weighted by atomic mass is 9.99. The average Bonchev–Trinajstić information content (AvgIpc) is 2.87. The molecular formula is C20H24O2. The third-order valence-corrected chi connectivity index (χ3v) is 3.83. The van der Waals surface area contributed by atoms with E-state index in [1.807, 2.05) is 13.0 Å². The van der Waals surface area contributed by atoms with Crippen LogP contribution in [0.5, 0.6) is 0 Å². The Hall–Kier alpha value is -2.09. The fourth-order valence-electron chi connectivity index (χ4n) is 2.51. The summed E-state index contributed by atoms with van der Waals surface area (Å²) in [5.41, 5.74) is 4.11. The van der Waals surface area contributed by atoms with Gasteiger partial charge in [0, 0.05) is 5.57 Å². The van der Waals surface area contributed by atoms with E-state index in [0.717, 1.165) is 36.2 Å². The molecule has 0 unspecified atom stereocenters. The van der Waals surface area contributed by atoms with Crippen LogP contribution in [-0.2, 0) is 0 Å². The molecule has 0 aliphatic rings. The molecule has 2 rings (SSSR count). The van der Waals surface area contributed by atoms with E-state index in [1.165, 1.54) is 5.56 Å². The summed E-state index contributed by atoms with van der Waals surface area (Å²) in [4.78, 5) is 11.7. The maximum Gasteiger partial charge on any atom is 0.163 e. The van der Waals surface area contributed by atoms with Crippen molar-refractivity contribution in [2.75, 3.05) is 0 Å². The minimum absolute atomic E-state index is 0.0457. The van der Waals surface area contributed by atoms with Crippen LogP contribution in [0.15, 0.2) is 40.8 Å². The highest BCUT2D eigenvalue weighted by atomic mass is 16.3. The number of carbonyl (C=O) groups excluding carboxylic acids is 1. The van der Waals surface area contributed by atoms with E-state index in [4.69, 9.17) is 4.42 Å². The van der Waals surface area contributed by atoms with Gasteiger partial charge in [0.2, 0.25) is 0 Å². The first-order valence-electron chi connectivity index (χ1n) is 7.92. The molecule has 0 atom stereocenters. The predicted octanol–water partition coefficient (Wildman–Crippen LogP) is 5.72. The molecule has 2 aromatic rings. The van der Waals surface area contributed by atoms with Gasteiger partial charge in [-0.15, -0.1) is 0 Å². The van der Waals surface area contributed by atoms with E-state index in [0.29, 0.717) is 11.3 Å². The summed E-state index contributed by atoms with van der Waals surface area (Å²) in [6.07, 6.45) is 5.54. The fraction of sp³-hybridized carbons (Fsp3) is 0.350. The quantitative estimate of drug-likeness (QED) is 0.504. The van der Waals surface area contributed by atoms with Crippen LogP contribution in [0.2, 0.25) is 0 Å². The number of aryl methyl sites for hydroxylation is 2. The summed E-state index contributed by atoms with van der Waals surface area (Å²) in [5, 5.41) is 0. The first kappa shape index (κ1) is 16.3. The molecule has 1 aromatic carbocycles. The number of rotatable bonds is 6. The van der Waals surface area contributed by atoms with Gasteiger partial charge in [-0.05, 0) is 38.8 Å². The van der Waals surface area contributed by atoms with Crippen molar-refractivity contribution in [2.45, 2.75) is 47.0 Å². The molecule has 2 heteroatoms. The highest BCUT2D eigenvalue weighted by Crippen LogP contribution is 2.29. The highest BCUT2D eigenvalue weighted by Gasteiger charge is 2.15. The molecule has 0 spiro atoms. The van der Waals surface area contributed by atoms with E-state index >= 15 is 0 Å². The number of ketones is 1. The maximum absolute atomic E-state index is 11.7. The molecule has 116 valence electrons. The van der Waals surface area contributed by atoms with Crippen molar-refractivity contribution in [3.05, 3.63) is 64.6 Å². The average molecular weight is 296 g/mol. The van der Waals surface area contributed by atoms with Crippen LogP contribution >= 0.6 is 0 Å². The molecule has 0 fully saturated rings. The van der Waals surface area contributed by atoms with Crippen LogP contribution in [0.4, 0.5) is 0 Å². The Labute approximate surface area is 132 Å². The van der Waals surface area contributed by atoms with Crippen molar-refractivity contribution in [3.8, 4) is 0 Å². The molecule has 0 aliphatic heterocycles. The fourth-order valence-corrected chi connectivity index (χ4v) is 2.51. The van der Waals surface area contributed by atoms with Crippen molar-refractivity contribution in [1.82, 2.24) is 0 Å². The van der Waals surface area contributed by atoms with Crippen molar-refractivity contribution >= 4 is 11.4 Å². The molecule has 1 aromatic heterocycles. The van der Waals surface area contributed by atoms with E-state index in [2.05, 4.69) is 44.2 Å². The van der Waals surface area contributed by atoms with E-state index < -0.39 is 0 Å². The van der Waals surface area contributed by atoms with Crippen LogP contribution in [0.1, 0.15) is 66.1 Å². The predicted molar refractivity (Wildman–Crippen MR) is 91.2 cm³/mol. The van der Waals surface area contributed by atoms with Gasteiger partial charge in [0.25, 0.3) is 0 Å². The van der Waals surface area contributed by atoms with Crippen LogP contribution in [-0.4, -0.2) is 5.78 Å². The number of hydrogen-bond donors (Lipinski definition) is 0. The van der Waals surface area contributed by atoms with Crippen LogP contribution in [0, 0.1) is 13.8 Å². The lowest BCUT2D eigenvalue weighted by molar-refractivity contribution is 0.101. The molecule has 0 radical (unpaired) electrons. The third-order valence-electron chi connectivity index (χ3n) is 3.83. The van der Waals surface area contributed by atoms with Gasteiger partial charge in [-0.2, -0.15) is 0 Å². The molecule has 0 bridgehead atoms. The topological polar surface area (TPSA) is 30.2 Å². The molecule has 1 heterocycles. The molecule has 0 saturated heterocycles. The van der Waals surface area contributed by atoms with E-state index in [1.54, 1.807) is 6.92 Å². The summed E-state index contributed by atoms with van der Waals surface area (Å²) in [6, 6.07) is 10.3. The largest absolute Gasteiger partial charge is 0.461 e. The minimum Gasteiger partial charge on any atom is -0.461 e. The van der Waals surface area contributed by atoms with Gasteiger partial charge in [-0.25, -0.2) is 0 Å². The third kappa shape index (κ3) is 3.76. The second kappa shape index (κ2) is 7.26. The molecule has 0 N–H and O–H groups in total. The number of allylic oxidation sites excluding steroid dienone is 1. The first-order chi connectivity index (χ1) is 10.5. The number of benzene rings is 1. The molecule has 0 amide bonds. The Morgan fingerprint density at radius 3 is 2.41 bits per heavy atom. The van der Waals surface area contributed by atoms with Gasteiger partial charge in [0.1, 0.15) is 11.5 Å². The number of Topliss-reactive ketones (excluding diaryl/α,β-unsaturated/α-hetero) is 1. The normalized spacial score (nSPS) is 11.7. The second-order valence-electron chi connectivity index (χ2n) is 5.76. The van der Waals surface area contributed by atoms with Crippen molar-refractivity contribution in [2.24, 2.45) is 0 Å². The van der Waals surface area contributed by atoms with Crippen molar-refractivity contribution in [3.63, 3.8) is 0 Å². The summed E-state index contributed by atoms with van der Waals surface area (Å²) < 4.78 is 5.86. The molecule has 2 nitrogen and oxygen atoms in total. The molecule has 0 aliphatic carbocycles. The van der Waals surface area contributed by atoms with Crippen molar-refractivity contribution < 1.29 is 9.21 Å². The van der Waals surface area contributed by atoms with Crippen molar-refractivity contribution in [1.29, 1.82) is 0 Å². The Kier molecular flexibility index (Phi) is 5.37. The monoisotopic (exact) mass is 296 g/mol. The summed E-state index contributed by atoms with van der Waals surface area (Å²) in [6.45, 7) is 7.69. The van der Waals surface area contributed by atoms with Crippen LogP contribution < -0.4 is 0 Å².